The molecular weight excluding hydrogens is 663 g/mol. The molecule has 0 aliphatic carbocycles. The molecule has 0 aromatic rings. The third-order valence-electron chi connectivity index (χ3n) is 11.0. The molecule has 2 atom stereocenters. The van der Waals surface area contributed by atoms with E-state index < -0.39 is 8.56 Å². The summed E-state index contributed by atoms with van der Waals surface area (Å²) in [5, 5.41) is 18.4. The summed E-state index contributed by atoms with van der Waals surface area (Å²) in [6.07, 6.45) is 40.8. The van der Waals surface area contributed by atoms with Crippen molar-refractivity contribution in [1.82, 2.24) is 4.90 Å². The number of nitrogens with zero attached hydrogens (tertiary/aromatic N) is 1. The highest BCUT2D eigenvalue weighted by Gasteiger charge is 2.29. The number of aliphatic hydroxyl groups excluding tert-OH is 2. The lowest BCUT2D eigenvalue weighted by Crippen LogP contribution is -2.40. The highest BCUT2D eigenvalue weighted by Crippen LogP contribution is 2.20. The second kappa shape index (κ2) is 40.6. The number of aliphatic hydroxyl groups is 2. The van der Waals surface area contributed by atoms with Crippen LogP contribution in [0.4, 0.5) is 0 Å². The molecule has 52 heavy (non-hydrogen) atoms. The van der Waals surface area contributed by atoms with Gasteiger partial charge in [0.1, 0.15) is 6.29 Å². The molecule has 0 aliphatic heterocycles. The van der Waals surface area contributed by atoms with Crippen LogP contribution in [0.5, 0.6) is 0 Å². The van der Waals surface area contributed by atoms with E-state index in [1.54, 1.807) is 0 Å². The van der Waals surface area contributed by atoms with E-state index in [4.69, 9.17) is 13.6 Å². The van der Waals surface area contributed by atoms with Crippen LogP contribution >= 0.6 is 0 Å². The zero-order valence-corrected chi connectivity index (χ0v) is 37.1. The van der Waals surface area contributed by atoms with Crippen molar-refractivity contribution in [3.63, 3.8) is 0 Å². The van der Waals surface area contributed by atoms with Crippen molar-refractivity contribution in [1.29, 1.82) is 0 Å². The molecule has 0 rings (SSSR count). The first-order chi connectivity index (χ1) is 25.4. The number of hydrogen-bond donors (Lipinski definition) is 2. The highest BCUT2D eigenvalue weighted by molar-refractivity contribution is 6.64. The van der Waals surface area contributed by atoms with Gasteiger partial charge < -0.3 is 23.8 Å². The lowest BCUT2D eigenvalue weighted by Gasteiger charge is -2.29. The van der Waals surface area contributed by atoms with Crippen LogP contribution in [0, 0.1) is 5.92 Å². The third kappa shape index (κ3) is 38.3. The van der Waals surface area contributed by atoms with Crippen LogP contribution in [0.15, 0.2) is 0 Å². The van der Waals surface area contributed by atoms with Gasteiger partial charge >= 0.3 is 8.56 Å². The maximum Gasteiger partial charge on any atom is 0.333 e. The summed E-state index contributed by atoms with van der Waals surface area (Å²) in [7, 11) is -2.28. The Balaban J connectivity index is 4.29. The molecule has 0 amide bonds. The molecule has 0 aromatic carbocycles. The summed E-state index contributed by atoms with van der Waals surface area (Å²) < 4.78 is 19.4. The van der Waals surface area contributed by atoms with Crippen LogP contribution in [0.2, 0.25) is 13.1 Å². The lowest BCUT2D eigenvalue weighted by molar-refractivity contribution is -0.104. The van der Waals surface area contributed by atoms with Crippen molar-refractivity contribution in [2.75, 3.05) is 46.1 Å². The highest BCUT2D eigenvalue weighted by atomic mass is 28.4. The molecule has 2 N–H and O–H groups in total. The van der Waals surface area contributed by atoms with Crippen molar-refractivity contribution >= 4 is 8.56 Å². The molecule has 0 heterocycles. The zero-order chi connectivity index (χ0) is 38.2. The molecule has 0 saturated heterocycles. The molecule has 6 nitrogen and oxygen atoms in total. The topological polar surface area (TPSA) is 71.4 Å². The average molecular weight is 758 g/mol. The van der Waals surface area contributed by atoms with Gasteiger partial charge in [-0.1, -0.05) is 188 Å². The molecule has 2 unspecified atom stereocenters. The summed E-state index contributed by atoms with van der Waals surface area (Å²) in [6.45, 7) is 15.4. The van der Waals surface area contributed by atoms with Crippen LogP contribution in [0.25, 0.3) is 0 Å². The molecule has 0 spiro atoms. The maximum atomic E-state index is 9.21. The summed E-state index contributed by atoms with van der Waals surface area (Å²) >= 11 is 0. The van der Waals surface area contributed by atoms with E-state index in [1.165, 1.54) is 161 Å². The first kappa shape index (κ1) is 52.0. The normalized spacial score (nSPS) is 13.4. The molecule has 0 saturated carbocycles. The van der Waals surface area contributed by atoms with E-state index in [0.717, 1.165) is 64.2 Å². The maximum absolute atomic E-state index is 9.21. The smallest absolute Gasteiger partial charge is 0.333 e. The van der Waals surface area contributed by atoms with Crippen molar-refractivity contribution in [2.45, 2.75) is 239 Å². The second-order valence-electron chi connectivity index (χ2n) is 16.6. The standard InChI is InChI=1S/C45H95NO5Si/c1-6-8-9-10-11-12-13-14-17-20-23-26-31-36-45(49-42-33-28-24-21-18-15-16-19-22-25-30-35-44(3)7-2)51-52(4,5)50-43-34-29-27-32-37-46(38-40-47)39-41-48/h44-45,47-48H,6-43H2,1-5H3. The van der Waals surface area contributed by atoms with Gasteiger partial charge in [0.2, 0.25) is 0 Å². The van der Waals surface area contributed by atoms with Gasteiger partial charge in [-0.05, 0) is 57.7 Å². The minimum absolute atomic E-state index is 0.136. The molecule has 314 valence electrons. The Hall–Kier alpha value is -0.0231. The predicted octanol–water partition coefficient (Wildman–Crippen LogP) is 13.1. The fourth-order valence-corrected chi connectivity index (χ4v) is 8.71. The number of rotatable bonds is 44. The Kier molecular flexibility index (Phi) is 40.6. The van der Waals surface area contributed by atoms with E-state index in [1.807, 2.05) is 0 Å². The first-order valence-corrected chi connectivity index (χ1v) is 26.1. The molecule has 0 bridgehead atoms. The molecule has 0 radical (unpaired) electrons. The van der Waals surface area contributed by atoms with Crippen LogP contribution in [0.3, 0.4) is 0 Å². The summed E-state index contributed by atoms with van der Waals surface area (Å²) in [6, 6.07) is 0. The minimum atomic E-state index is -2.28. The van der Waals surface area contributed by atoms with Crippen LogP contribution in [0.1, 0.15) is 220 Å². The Labute approximate surface area is 327 Å². The van der Waals surface area contributed by atoms with E-state index in [-0.39, 0.29) is 19.5 Å². The Morgan fingerprint density at radius 3 is 1.35 bits per heavy atom. The van der Waals surface area contributed by atoms with Crippen LogP contribution in [-0.4, -0.2) is 76.0 Å². The summed E-state index contributed by atoms with van der Waals surface area (Å²) in [5.41, 5.74) is 0. The van der Waals surface area contributed by atoms with Gasteiger partial charge in [0.05, 0.1) is 13.2 Å². The quantitative estimate of drug-likeness (QED) is 0.0366. The van der Waals surface area contributed by atoms with Gasteiger partial charge in [-0.3, -0.25) is 4.90 Å². The van der Waals surface area contributed by atoms with E-state index in [2.05, 4.69) is 38.8 Å². The minimum Gasteiger partial charge on any atom is -0.395 e. The van der Waals surface area contributed by atoms with Gasteiger partial charge in [0, 0.05) is 26.3 Å². The lowest BCUT2D eigenvalue weighted by atomic mass is 9.99. The van der Waals surface area contributed by atoms with Crippen LogP contribution in [-0.2, 0) is 13.6 Å². The zero-order valence-electron chi connectivity index (χ0n) is 36.1. The van der Waals surface area contributed by atoms with Crippen molar-refractivity contribution in [3.8, 4) is 0 Å². The number of ether oxygens (including phenoxy) is 1. The molecule has 0 fully saturated rings. The van der Waals surface area contributed by atoms with E-state index in [0.29, 0.717) is 13.1 Å². The average Bonchev–Trinajstić information content (AvgIpc) is 3.12. The Morgan fingerprint density at radius 2 is 0.885 bits per heavy atom. The molecular formula is C45H95NO5Si. The fourth-order valence-electron chi connectivity index (χ4n) is 7.19. The largest absolute Gasteiger partial charge is 0.395 e. The SMILES string of the molecule is CCCCCCCCCCCCCCCC(OCCCCCCCCCCCCCC(C)CC)O[Si](C)(C)OCCCCCCN(CCO)CCO. The second-order valence-corrected chi connectivity index (χ2v) is 19.9. The fraction of sp³-hybridized carbons (Fsp3) is 1.00. The monoisotopic (exact) mass is 758 g/mol. The van der Waals surface area contributed by atoms with Crippen molar-refractivity contribution in [2.24, 2.45) is 5.92 Å². The molecule has 0 aliphatic rings. The van der Waals surface area contributed by atoms with Gasteiger partial charge in [0.25, 0.3) is 0 Å². The molecule has 0 aromatic heterocycles. The third-order valence-corrected chi connectivity index (χ3v) is 12.7. The predicted molar refractivity (Wildman–Crippen MR) is 229 cm³/mol. The van der Waals surface area contributed by atoms with Gasteiger partial charge in [-0.2, -0.15) is 0 Å². The first-order valence-electron chi connectivity index (χ1n) is 23.3. The molecule has 7 heteroatoms. The van der Waals surface area contributed by atoms with Crippen LogP contribution < -0.4 is 0 Å². The van der Waals surface area contributed by atoms with Gasteiger partial charge in [0.15, 0.2) is 0 Å². The summed E-state index contributed by atoms with van der Waals surface area (Å²) in [5.74, 6) is 0.910. The van der Waals surface area contributed by atoms with E-state index >= 15 is 0 Å². The number of unbranched alkanes of at least 4 members (excludes halogenated alkanes) is 25. The summed E-state index contributed by atoms with van der Waals surface area (Å²) in [4.78, 5) is 2.14. The van der Waals surface area contributed by atoms with E-state index in [9.17, 15) is 10.2 Å². The Morgan fingerprint density at radius 1 is 0.481 bits per heavy atom. The Bertz CT molecular complexity index is 678. The number of hydrogen-bond acceptors (Lipinski definition) is 6. The van der Waals surface area contributed by atoms with Gasteiger partial charge in [-0.25, -0.2) is 0 Å². The van der Waals surface area contributed by atoms with Crippen molar-refractivity contribution < 1.29 is 23.8 Å². The van der Waals surface area contributed by atoms with Gasteiger partial charge in [-0.15, -0.1) is 0 Å². The van der Waals surface area contributed by atoms with Crippen molar-refractivity contribution in [3.05, 3.63) is 0 Å².